The number of hydrogen-bond donors (Lipinski definition) is 1. The molecular formula is C14H16ClN3S. The maximum atomic E-state index is 5.97. The monoisotopic (exact) mass is 293 g/mol. The highest BCUT2D eigenvalue weighted by atomic mass is 35.5. The molecule has 0 aliphatic rings. The van der Waals surface area contributed by atoms with Crippen LogP contribution in [0.3, 0.4) is 0 Å². The third-order valence-electron chi connectivity index (χ3n) is 3.07. The van der Waals surface area contributed by atoms with Gasteiger partial charge in [0.2, 0.25) is 0 Å². The second kappa shape index (κ2) is 5.80. The van der Waals surface area contributed by atoms with Crippen molar-refractivity contribution in [1.82, 2.24) is 9.97 Å². The standard InChI is InChI=1S/C14H16ClN3S/c1-8-9(2)17-14(18-10(8)3)19-7-11-6-12(15)4-5-13(11)16/h4-6H,7,16H2,1-3H3. The second-order valence-corrected chi connectivity index (χ2v) is 5.81. The van der Waals surface area contributed by atoms with Gasteiger partial charge in [-0.3, -0.25) is 0 Å². The number of thioether (sulfide) groups is 1. The average Bonchev–Trinajstić information content (AvgIpc) is 2.37. The topological polar surface area (TPSA) is 51.8 Å². The number of halogens is 1. The molecule has 0 spiro atoms. The number of nitrogen functional groups attached to an aromatic ring is 1. The van der Waals surface area contributed by atoms with Crippen LogP contribution in [0, 0.1) is 20.8 Å². The molecule has 19 heavy (non-hydrogen) atoms. The van der Waals surface area contributed by atoms with E-state index in [0.717, 1.165) is 33.4 Å². The van der Waals surface area contributed by atoms with Crippen molar-refractivity contribution in [3.63, 3.8) is 0 Å². The Hall–Kier alpha value is -1.26. The molecule has 0 unspecified atom stereocenters. The van der Waals surface area contributed by atoms with E-state index in [1.807, 2.05) is 32.9 Å². The van der Waals surface area contributed by atoms with E-state index in [9.17, 15) is 0 Å². The molecular weight excluding hydrogens is 278 g/mol. The number of aryl methyl sites for hydroxylation is 2. The lowest BCUT2D eigenvalue weighted by Crippen LogP contribution is -1.99. The Bertz CT molecular complexity index is 591. The molecule has 0 fully saturated rings. The number of nitrogens with zero attached hydrogens (tertiary/aromatic N) is 2. The lowest BCUT2D eigenvalue weighted by Gasteiger charge is -2.08. The molecule has 3 nitrogen and oxygen atoms in total. The molecule has 0 saturated heterocycles. The third kappa shape index (κ3) is 3.39. The van der Waals surface area contributed by atoms with Crippen LogP contribution < -0.4 is 5.73 Å². The maximum Gasteiger partial charge on any atom is 0.188 e. The van der Waals surface area contributed by atoms with Crippen molar-refractivity contribution in [2.75, 3.05) is 5.73 Å². The first-order valence-electron chi connectivity index (χ1n) is 5.96. The van der Waals surface area contributed by atoms with E-state index >= 15 is 0 Å². The SMILES string of the molecule is Cc1nc(SCc2cc(Cl)ccc2N)nc(C)c1C. The van der Waals surface area contributed by atoms with E-state index in [1.165, 1.54) is 0 Å². The van der Waals surface area contributed by atoms with Crippen molar-refractivity contribution in [1.29, 1.82) is 0 Å². The van der Waals surface area contributed by atoms with Crippen LogP contribution in [-0.4, -0.2) is 9.97 Å². The van der Waals surface area contributed by atoms with E-state index < -0.39 is 0 Å². The third-order valence-corrected chi connectivity index (χ3v) is 4.21. The van der Waals surface area contributed by atoms with Gasteiger partial charge < -0.3 is 5.73 Å². The zero-order chi connectivity index (χ0) is 14.0. The number of aromatic nitrogens is 2. The Labute approximate surface area is 122 Å². The molecule has 2 aromatic rings. The number of nitrogens with two attached hydrogens (primary N) is 1. The average molecular weight is 294 g/mol. The van der Waals surface area contributed by atoms with Crippen molar-refractivity contribution in [3.05, 3.63) is 45.7 Å². The van der Waals surface area contributed by atoms with Crippen LogP contribution in [0.25, 0.3) is 0 Å². The van der Waals surface area contributed by atoms with Crippen LogP contribution in [0.4, 0.5) is 5.69 Å². The van der Waals surface area contributed by atoms with Crippen LogP contribution in [-0.2, 0) is 5.75 Å². The smallest absolute Gasteiger partial charge is 0.188 e. The molecule has 1 aromatic heterocycles. The minimum atomic E-state index is 0.696. The van der Waals surface area contributed by atoms with E-state index in [4.69, 9.17) is 17.3 Å². The van der Waals surface area contributed by atoms with Gasteiger partial charge in [-0.15, -0.1) is 0 Å². The quantitative estimate of drug-likeness (QED) is 0.529. The Morgan fingerprint density at radius 2 is 1.79 bits per heavy atom. The fourth-order valence-electron chi connectivity index (χ4n) is 1.65. The summed E-state index contributed by atoms with van der Waals surface area (Å²) in [5, 5.41) is 1.47. The zero-order valence-electron chi connectivity index (χ0n) is 11.2. The molecule has 0 saturated carbocycles. The van der Waals surface area contributed by atoms with Gasteiger partial charge in [0.05, 0.1) is 0 Å². The van der Waals surface area contributed by atoms with Crippen LogP contribution in [0.15, 0.2) is 23.4 Å². The number of hydrogen-bond acceptors (Lipinski definition) is 4. The minimum Gasteiger partial charge on any atom is -0.398 e. The molecule has 2 rings (SSSR count). The fraction of sp³-hybridized carbons (Fsp3) is 0.286. The molecule has 5 heteroatoms. The van der Waals surface area contributed by atoms with E-state index in [-0.39, 0.29) is 0 Å². The molecule has 0 radical (unpaired) electrons. The molecule has 0 aliphatic carbocycles. The van der Waals surface area contributed by atoms with Crippen LogP contribution >= 0.6 is 23.4 Å². The Kier molecular flexibility index (Phi) is 4.32. The summed E-state index contributed by atoms with van der Waals surface area (Å²) in [7, 11) is 0. The predicted octanol–water partition coefficient (Wildman–Crippen LogP) is 3.93. The van der Waals surface area contributed by atoms with Crippen molar-refractivity contribution < 1.29 is 0 Å². The predicted molar refractivity (Wildman–Crippen MR) is 81.7 cm³/mol. The summed E-state index contributed by atoms with van der Waals surface area (Å²) in [5.74, 6) is 0.717. The molecule has 100 valence electrons. The summed E-state index contributed by atoms with van der Waals surface area (Å²) in [6.07, 6.45) is 0. The van der Waals surface area contributed by atoms with Crippen molar-refractivity contribution >= 4 is 29.1 Å². The molecule has 0 amide bonds. The first-order valence-corrected chi connectivity index (χ1v) is 7.32. The van der Waals surface area contributed by atoms with Gasteiger partial charge in [0, 0.05) is 27.9 Å². The number of rotatable bonds is 3. The van der Waals surface area contributed by atoms with Crippen molar-refractivity contribution in [2.45, 2.75) is 31.7 Å². The second-order valence-electron chi connectivity index (χ2n) is 4.43. The lowest BCUT2D eigenvalue weighted by atomic mass is 10.2. The number of anilines is 1. The normalized spacial score (nSPS) is 10.7. The highest BCUT2D eigenvalue weighted by molar-refractivity contribution is 7.98. The van der Waals surface area contributed by atoms with E-state index in [1.54, 1.807) is 17.8 Å². The maximum absolute atomic E-state index is 5.97. The van der Waals surface area contributed by atoms with E-state index in [2.05, 4.69) is 9.97 Å². The van der Waals surface area contributed by atoms with Gasteiger partial charge >= 0.3 is 0 Å². The summed E-state index contributed by atoms with van der Waals surface area (Å²) >= 11 is 7.55. The molecule has 0 aliphatic heterocycles. The fourth-order valence-corrected chi connectivity index (χ4v) is 2.78. The molecule has 2 N–H and O–H groups in total. The Morgan fingerprint density at radius 3 is 2.42 bits per heavy atom. The zero-order valence-corrected chi connectivity index (χ0v) is 12.8. The van der Waals surface area contributed by atoms with Gasteiger partial charge in [-0.25, -0.2) is 9.97 Å². The molecule has 1 heterocycles. The van der Waals surface area contributed by atoms with Gasteiger partial charge in [-0.05, 0) is 50.1 Å². The molecule has 0 bridgehead atoms. The van der Waals surface area contributed by atoms with Gasteiger partial charge in [-0.2, -0.15) is 0 Å². The number of benzene rings is 1. The van der Waals surface area contributed by atoms with Crippen molar-refractivity contribution in [2.24, 2.45) is 0 Å². The Morgan fingerprint density at radius 1 is 1.16 bits per heavy atom. The van der Waals surface area contributed by atoms with Crippen LogP contribution in [0.5, 0.6) is 0 Å². The largest absolute Gasteiger partial charge is 0.398 e. The van der Waals surface area contributed by atoms with Gasteiger partial charge in [0.15, 0.2) is 5.16 Å². The first-order chi connectivity index (χ1) is 8.97. The highest BCUT2D eigenvalue weighted by Gasteiger charge is 2.07. The van der Waals surface area contributed by atoms with Crippen LogP contribution in [0.1, 0.15) is 22.5 Å². The van der Waals surface area contributed by atoms with Crippen molar-refractivity contribution in [3.8, 4) is 0 Å². The highest BCUT2D eigenvalue weighted by Crippen LogP contribution is 2.26. The lowest BCUT2D eigenvalue weighted by molar-refractivity contribution is 0.880. The van der Waals surface area contributed by atoms with Gasteiger partial charge in [0.25, 0.3) is 0 Å². The van der Waals surface area contributed by atoms with Gasteiger partial charge in [0.1, 0.15) is 0 Å². The summed E-state index contributed by atoms with van der Waals surface area (Å²) in [6, 6.07) is 5.50. The van der Waals surface area contributed by atoms with E-state index in [0.29, 0.717) is 10.8 Å². The summed E-state index contributed by atoms with van der Waals surface area (Å²) in [4.78, 5) is 8.96. The first kappa shape index (κ1) is 14.2. The molecule has 0 atom stereocenters. The summed E-state index contributed by atoms with van der Waals surface area (Å²) in [5.41, 5.74) is 10.9. The summed E-state index contributed by atoms with van der Waals surface area (Å²) < 4.78 is 0. The minimum absolute atomic E-state index is 0.696. The van der Waals surface area contributed by atoms with Crippen LogP contribution in [0.2, 0.25) is 5.02 Å². The summed E-state index contributed by atoms with van der Waals surface area (Å²) in [6.45, 7) is 6.04. The Balaban J connectivity index is 2.17. The van der Waals surface area contributed by atoms with Gasteiger partial charge in [-0.1, -0.05) is 23.4 Å². The molecule has 1 aromatic carbocycles.